The number of aromatic nitrogens is 4. The van der Waals surface area contributed by atoms with Crippen LogP contribution >= 0.6 is 0 Å². The normalized spacial score (nSPS) is 11.8. The van der Waals surface area contributed by atoms with E-state index in [4.69, 9.17) is 0 Å². The quantitative estimate of drug-likeness (QED) is 0.333. The summed E-state index contributed by atoms with van der Waals surface area (Å²) in [6.07, 6.45) is 7.66. The minimum atomic E-state index is -0.365. The van der Waals surface area contributed by atoms with Crippen molar-refractivity contribution in [2.75, 3.05) is 11.9 Å². The zero-order chi connectivity index (χ0) is 23.6. The Balaban J connectivity index is 1.44. The third-order valence-corrected chi connectivity index (χ3v) is 5.63. The molecule has 0 radical (unpaired) electrons. The second-order valence-electron chi connectivity index (χ2n) is 8.08. The number of nitrogens with one attached hydrogen (secondary N) is 2. The molecular weight excluding hydrogens is 424 g/mol. The average molecular weight is 455 g/mol. The molecule has 0 aliphatic carbocycles. The Kier molecular flexibility index (Phi) is 8.13. The zero-order valence-electron chi connectivity index (χ0n) is 19.4. The number of amides is 1. The maximum Gasteiger partial charge on any atom is 0.242 e. The summed E-state index contributed by atoms with van der Waals surface area (Å²) in [6.45, 7) is 3.38. The van der Waals surface area contributed by atoms with Crippen LogP contribution in [0, 0.1) is 0 Å². The Morgan fingerprint density at radius 3 is 2.53 bits per heavy atom. The van der Waals surface area contributed by atoms with E-state index in [0.29, 0.717) is 18.8 Å². The molecule has 1 unspecified atom stereocenters. The van der Waals surface area contributed by atoms with Crippen LogP contribution in [0.2, 0.25) is 0 Å². The molecular formula is C27H30N6O. The number of aryl methyl sites for hydroxylation is 2. The van der Waals surface area contributed by atoms with Crippen LogP contribution in [0.5, 0.6) is 0 Å². The molecule has 174 valence electrons. The number of hydrogen-bond acceptors (Lipinski definition) is 5. The number of carbonyl (C=O) groups is 1. The second-order valence-corrected chi connectivity index (χ2v) is 8.08. The van der Waals surface area contributed by atoms with Crippen LogP contribution in [-0.4, -0.2) is 38.2 Å². The number of pyridine rings is 2. The van der Waals surface area contributed by atoms with Gasteiger partial charge >= 0.3 is 0 Å². The largest absolute Gasteiger partial charge is 0.310 e. The van der Waals surface area contributed by atoms with Gasteiger partial charge in [-0.15, -0.1) is 0 Å². The average Bonchev–Trinajstić information content (AvgIpc) is 3.30. The van der Waals surface area contributed by atoms with Crippen molar-refractivity contribution >= 4 is 11.7 Å². The fourth-order valence-corrected chi connectivity index (χ4v) is 3.83. The van der Waals surface area contributed by atoms with E-state index >= 15 is 0 Å². The Bertz CT molecular complexity index is 1160. The van der Waals surface area contributed by atoms with Crippen molar-refractivity contribution < 1.29 is 4.79 Å². The van der Waals surface area contributed by atoms with Crippen molar-refractivity contribution in [3.8, 4) is 11.3 Å². The topological polar surface area (TPSA) is 84.7 Å². The molecule has 0 saturated carbocycles. The third kappa shape index (κ3) is 6.36. The van der Waals surface area contributed by atoms with Gasteiger partial charge in [0.05, 0.1) is 11.7 Å². The molecule has 0 bridgehead atoms. The molecule has 1 aromatic carbocycles. The van der Waals surface area contributed by atoms with E-state index in [0.717, 1.165) is 41.9 Å². The molecule has 7 nitrogen and oxygen atoms in total. The van der Waals surface area contributed by atoms with Gasteiger partial charge in [-0.2, -0.15) is 5.10 Å². The molecule has 3 aromatic heterocycles. The predicted molar refractivity (Wildman–Crippen MR) is 134 cm³/mol. The standard InChI is InChI=1S/C27H30N6O/c1-2-33-26(20-24(32-33)22-13-17-28-18-14-22)31-27(34)25(19-21-9-4-3-5-10-21)30-16-8-12-23-11-6-7-15-29-23/h3-7,9-11,13-15,17-18,20,25,30H,2,8,12,16,19H2,1H3,(H,31,34). The van der Waals surface area contributed by atoms with Crippen LogP contribution in [0.3, 0.4) is 0 Å². The molecule has 0 aliphatic heterocycles. The molecule has 7 heteroatoms. The molecule has 1 atom stereocenters. The molecule has 0 saturated heterocycles. The van der Waals surface area contributed by atoms with Gasteiger partial charge in [0, 0.05) is 42.5 Å². The number of anilines is 1. The van der Waals surface area contributed by atoms with E-state index in [1.165, 1.54) is 0 Å². The summed E-state index contributed by atoms with van der Waals surface area (Å²) in [7, 11) is 0. The van der Waals surface area contributed by atoms with Crippen LogP contribution in [0.15, 0.2) is 85.3 Å². The first kappa shape index (κ1) is 23.3. The third-order valence-electron chi connectivity index (χ3n) is 5.63. The maximum absolute atomic E-state index is 13.4. The summed E-state index contributed by atoms with van der Waals surface area (Å²) in [4.78, 5) is 21.8. The summed E-state index contributed by atoms with van der Waals surface area (Å²) in [5.74, 6) is 0.616. The Morgan fingerprint density at radius 1 is 1.00 bits per heavy atom. The summed E-state index contributed by atoms with van der Waals surface area (Å²) >= 11 is 0. The molecule has 4 rings (SSSR count). The highest BCUT2D eigenvalue weighted by Gasteiger charge is 2.20. The highest BCUT2D eigenvalue weighted by atomic mass is 16.2. The number of rotatable bonds is 11. The maximum atomic E-state index is 13.4. The van der Waals surface area contributed by atoms with Crippen molar-refractivity contribution in [2.45, 2.75) is 38.8 Å². The van der Waals surface area contributed by atoms with Gasteiger partial charge in [0.15, 0.2) is 0 Å². The molecule has 3 heterocycles. The minimum absolute atomic E-state index is 0.0717. The van der Waals surface area contributed by atoms with E-state index in [1.54, 1.807) is 12.4 Å². The van der Waals surface area contributed by atoms with E-state index in [9.17, 15) is 4.79 Å². The highest BCUT2D eigenvalue weighted by molar-refractivity contribution is 5.94. The molecule has 0 spiro atoms. The number of benzene rings is 1. The van der Waals surface area contributed by atoms with E-state index in [1.807, 2.05) is 84.5 Å². The van der Waals surface area contributed by atoms with Gasteiger partial charge in [-0.1, -0.05) is 36.4 Å². The van der Waals surface area contributed by atoms with Gasteiger partial charge in [0.2, 0.25) is 5.91 Å². The lowest BCUT2D eigenvalue weighted by atomic mass is 10.0. The van der Waals surface area contributed by atoms with Crippen molar-refractivity contribution in [1.29, 1.82) is 0 Å². The van der Waals surface area contributed by atoms with Gasteiger partial charge in [-0.05, 0) is 62.6 Å². The first-order valence-corrected chi connectivity index (χ1v) is 11.7. The highest BCUT2D eigenvalue weighted by Crippen LogP contribution is 2.21. The van der Waals surface area contributed by atoms with Crippen LogP contribution in [-0.2, 0) is 24.2 Å². The lowest BCUT2D eigenvalue weighted by molar-refractivity contribution is -0.118. The van der Waals surface area contributed by atoms with E-state index < -0.39 is 0 Å². The molecule has 0 aliphatic rings. The molecule has 2 N–H and O–H groups in total. The van der Waals surface area contributed by atoms with Gasteiger partial charge < -0.3 is 10.6 Å². The van der Waals surface area contributed by atoms with Gasteiger partial charge in [0.25, 0.3) is 0 Å². The molecule has 34 heavy (non-hydrogen) atoms. The van der Waals surface area contributed by atoms with Gasteiger partial charge in [0.1, 0.15) is 5.82 Å². The first-order chi connectivity index (χ1) is 16.7. The van der Waals surface area contributed by atoms with Crippen molar-refractivity contribution in [1.82, 2.24) is 25.1 Å². The van der Waals surface area contributed by atoms with Crippen molar-refractivity contribution in [3.63, 3.8) is 0 Å². The number of hydrogen-bond donors (Lipinski definition) is 2. The summed E-state index contributed by atoms with van der Waals surface area (Å²) in [6, 6.07) is 21.4. The minimum Gasteiger partial charge on any atom is -0.310 e. The van der Waals surface area contributed by atoms with Crippen LogP contribution in [0.1, 0.15) is 24.6 Å². The lowest BCUT2D eigenvalue weighted by Gasteiger charge is -2.19. The fraction of sp³-hybridized carbons (Fsp3) is 0.259. The fourth-order valence-electron chi connectivity index (χ4n) is 3.83. The van der Waals surface area contributed by atoms with Gasteiger partial charge in [-0.25, -0.2) is 4.68 Å². The monoisotopic (exact) mass is 454 g/mol. The molecule has 0 fully saturated rings. The number of carbonyl (C=O) groups excluding carboxylic acids is 1. The van der Waals surface area contributed by atoms with E-state index in [-0.39, 0.29) is 11.9 Å². The Hall–Kier alpha value is -3.84. The zero-order valence-corrected chi connectivity index (χ0v) is 19.4. The van der Waals surface area contributed by atoms with Crippen LogP contribution in [0.4, 0.5) is 5.82 Å². The summed E-state index contributed by atoms with van der Waals surface area (Å²) in [5.41, 5.74) is 3.94. The molecule has 1 amide bonds. The van der Waals surface area contributed by atoms with Crippen molar-refractivity contribution in [3.05, 3.63) is 96.6 Å². The van der Waals surface area contributed by atoms with Crippen LogP contribution in [0.25, 0.3) is 11.3 Å². The van der Waals surface area contributed by atoms with Crippen LogP contribution < -0.4 is 10.6 Å². The summed E-state index contributed by atoms with van der Waals surface area (Å²) < 4.78 is 1.81. The predicted octanol–water partition coefficient (Wildman–Crippen LogP) is 4.13. The number of nitrogens with zero attached hydrogens (tertiary/aromatic N) is 4. The summed E-state index contributed by atoms with van der Waals surface area (Å²) in [5, 5.41) is 11.2. The molecule has 4 aromatic rings. The van der Waals surface area contributed by atoms with E-state index in [2.05, 4.69) is 25.7 Å². The van der Waals surface area contributed by atoms with Gasteiger partial charge in [-0.3, -0.25) is 14.8 Å². The second kappa shape index (κ2) is 11.9. The van der Waals surface area contributed by atoms with Crippen molar-refractivity contribution in [2.24, 2.45) is 0 Å². The smallest absolute Gasteiger partial charge is 0.242 e. The Morgan fingerprint density at radius 2 is 1.79 bits per heavy atom. The SMILES string of the molecule is CCn1nc(-c2ccncc2)cc1NC(=O)C(Cc1ccccc1)NCCCc1ccccn1. The Labute approximate surface area is 200 Å². The first-order valence-electron chi connectivity index (χ1n) is 11.7. The lowest BCUT2D eigenvalue weighted by Crippen LogP contribution is -2.43.